The first-order valence-corrected chi connectivity index (χ1v) is 8.50. The second-order valence-electron chi connectivity index (χ2n) is 6.70. The van der Waals surface area contributed by atoms with E-state index in [9.17, 15) is 9.59 Å². The summed E-state index contributed by atoms with van der Waals surface area (Å²) in [5.41, 5.74) is 0.984. The van der Waals surface area contributed by atoms with Gasteiger partial charge in [-0.1, -0.05) is 41.4 Å². The van der Waals surface area contributed by atoms with Gasteiger partial charge in [-0.25, -0.2) is 5.01 Å². The van der Waals surface area contributed by atoms with Crippen molar-refractivity contribution in [3.8, 4) is 0 Å². The van der Waals surface area contributed by atoms with Crippen molar-refractivity contribution in [3.05, 3.63) is 70.2 Å². The van der Waals surface area contributed by atoms with Gasteiger partial charge < -0.3 is 0 Å². The third kappa shape index (κ3) is 4.33. The minimum absolute atomic E-state index is 0.227. The highest BCUT2D eigenvalue weighted by atomic mass is 35.5. The average molecular weight is 379 g/mol. The lowest BCUT2D eigenvalue weighted by molar-refractivity contribution is -0.00370. The van der Waals surface area contributed by atoms with Crippen molar-refractivity contribution < 1.29 is 9.59 Å². The quantitative estimate of drug-likeness (QED) is 0.538. The Morgan fingerprint density at radius 2 is 1.48 bits per heavy atom. The fraction of sp³-hybridized carbons (Fsp3) is 0.263. The highest BCUT2D eigenvalue weighted by Gasteiger charge is 2.36. The van der Waals surface area contributed by atoms with Crippen LogP contribution in [0.5, 0.6) is 0 Å². The number of carbonyl (C=O) groups is 2. The molecule has 0 radical (unpaired) electrons. The molecule has 0 aliphatic rings. The molecule has 0 bridgehead atoms. The Balaban J connectivity index is 2.40. The van der Waals surface area contributed by atoms with Crippen LogP contribution < -0.4 is 0 Å². The molecule has 0 spiro atoms. The molecule has 0 fully saturated rings. The largest absolute Gasteiger partial charge is 0.289 e. The number of amides is 2. The summed E-state index contributed by atoms with van der Waals surface area (Å²) in [5, 5.41) is 1.50. The summed E-state index contributed by atoms with van der Waals surface area (Å²) in [4.78, 5) is 25.7. The number of carbonyl (C=O) groups excluding carboxylic acids is 2. The van der Waals surface area contributed by atoms with Gasteiger partial charge in [0.2, 0.25) is 0 Å². The second kappa shape index (κ2) is 7.46. The van der Waals surface area contributed by atoms with Gasteiger partial charge in [0.15, 0.2) is 0 Å². The summed E-state index contributed by atoms with van der Waals surface area (Å²) in [6, 6.07) is 13.7. The zero-order valence-corrected chi connectivity index (χ0v) is 16.1. The van der Waals surface area contributed by atoms with E-state index in [1.165, 1.54) is 5.01 Å². The van der Waals surface area contributed by atoms with Crippen molar-refractivity contribution in [3.63, 3.8) is 0 Å². The summed E-state index contributed by atoms with van der Waals surface area (Å²) in [7, 11) is 0. The molecule has 6 heteroatoms. The van der Waals surface area contributed by atoms with E-state index < -0.39 is 11.4 Å². The van der Waals surface area contributed by atoms with Gasteiger partial charge in [-0.05, 0) is 52.0 Å². The van der Waals surface area contributed by atoms with Crippen molar-refractivity contribution in [1.29, 1.82) is 0 Å². The Morgan fingerprint density at radius 1 is 0.920 bits per heavy atom. The Morgan fingerprint density at radius 3 is 2.00 bits per heavy atom. The number of nitrogens with zero attached hydrogens (tertiary/aromatic N) is 2. The van der Waals surface area contributed by atoms with Crippen LogP contribution in [0.4, 0.5) is 0 Å². The lowest BCUT2D eigenvalue weighted by Crippen LogP contribution is -2.54. The first kappa shape index (κ1) is 19.3. The van der Waals surface area contributed by atoms with Crippen LogP contribution in [0.2, 0.25) is 5.02 Å². The molecule has 25 heavy (non-hydrogen) atoms. The number of rotatable bonds is 2. The van der Waals surface area contributed by atoms with Crippen LogP contribution in [0.1, 0.15) is 47.1 Å². The minimum Gasteiger partial charge on any atom is -0.267 e. The third-order valence-corrected chi connectivity index (χ3v) is 4.21. The number of hydrogen-bond acceptors (Lipinski definition) is 2. The first-order valence-electron chi connectivity index (χ1n) is 7.79. The molecule has 132 valence electrons. The van der Waals surface area contributed by atoms with Crippen LogP contribution in [-0.4, -0.2) is 26.9 Å². The van der Waals surface area contributed by atoms with E-state index in [-0.39, 0.29) is 16.5 Å². The molecule has 0 atom stereocenters. The molecule has 0 N–H and O–H groups in total. The maximum atomic E-state index is 13.0. The highest BCUT2D eigenvalue weighted by Crippen LogP contribution is 2.26. The number of halogens is 2. The van der Waals surface area contributed by atoms with Crippen LogP contribution in [0.25, 0.3) is 0 Å². The minimum atomic E-state index is -0.722. The fourth-order valence-electron chi connectivity index (χ4n) is 2.29. The van der Waals surface area contributed by atoms with E-state index in [1.54, 1.807) is 57.2 Å². The molecular formula is C19H20Cl2N2O2. The van der Waals surface area contributed by atoms with Crippen molar-refractivity contribution in [2.45, 2.75) is 33.2 Å². The molecular weight excluding hydrogens is 359 g/mol. The van der Waals surface area contributed by atoms with Gasteiger partial charge in [0, 0.05) is 17.3 Å². The molecule has 4 nitrogen and oxygen atoms in total. The van der Waals surface area contributed by atoms with Crippen LogP contribution in [0, 0.1) is 6.92 Å². The zero-order chi connectivity index (χ0) is 18.8. The predicted octanol–water partition coefficient (Wildman–Crippen LogP) is 5.10. The number of benzene rings is 2. The predicted molar refractivity (Wildman–Crippen MR) is 101 cm³/mol. The fourth-order valence-corrected chi connectivity index (χ4v) is 2.89. The van der Waals surface area contributed by atoms with Gasteiger partial charge in [0.1, 0.15) is 0 Å². The van der Waals surface area contributed by atoms with Crippen LogP contribution in [0.15, 0.2) is 48.5 Å². The summed E-state index contributed by atoms with van der Waals surface area (Å²) in [5.74, 6) is -0.939. The molecule has 2 aromatic carbocycles. The first-order chi connectivity index (χ1) is 11.6. The Kier molecular flexibility index (Phi) is 5.76. The van der Waals surface area contributed by atoms with Crippen LogP contribution in [0.3, 0.4) is 0 Å². The van der Waals surface area contributed by atoms with E-state index in [0.29, 0.717) is 5.56 Å². The second-order valence-corrected chi connectivity index (χ2v) is 7.43. The molecule has 0 heterocycles. The summed E-state index contributed by atoms with van der Waals surface area (Å²) in [6.45, 7) is 7.33. The molecule has 0 aliphatic heterocycles. The summed E-state index contributed by atoms with van der Waals surface area (Å²) in [6.07, 6.45) is 0. The normalized spacial score (nSPS) is 11.1. The van der Waals surface area contributed by atoms with Gasteiger partial charge in [0.05, 0.1) is 16.1 Å². The zero-order valence-electron chi connectivity index (χ0n) is 14.6. The maximum Gasteiger partial charge on any atom is 0.289 e. The molecule has 2 amide bonds. The van der Waals surface area contributed by atoms with Crippen LogP contribution >= 0.6 is 23.4 Å². The Labute approximate surface area is 158 Å². The van der Waals surface area contributed by atoms with Gasteiger partial charge in [-0.15, -0.1) is 0 Å². The third-order valence-electron chi connectivity index (χ3n) is 3.57. The van der Waals surface area contributed by atoms with E-state index in [0.717, 1.165) is 10.1 Å². The van der Waals surface area contributed by atoms with Gasteiger partial charge in [-0.3, -0.25) is 9.59 Å². The number of hydrogen-bond donors (Lipinski definition) is 0. The lowest BCUT2D eigenvalue weighted by atomic mass is 10.1. The van der Waals surface area contributed by atoms with E-state index in [1.807, 2.05) is 19.1 Å². The molecule has 0 unspecified atom stereocenters. The molecule has 0 saturated carbocycles. The molecule has 2 rings (SSSR count). The summed E-state index contributed by atoms with van der Waals surface area (Å²) >= 11 is 12.4. The molecule has 0 saturated heterocycles. The van der Waals surface area contributed by atoms with Crippen molar-refractivity contribution in [2.24, 2.45) is 0 Å². The van der Waals surface area contributed by atoms with Gasteiger partial charge in [0.25, 0.3) is 11.8 Å². The van der Waals surface area contributed by atoms with E-state index in [2.05, 4.69) is 0 Å². The molecule has 0 aliphatic carbocycles. The Bertz CT molecular complexity index is 783. The topological polar surface area (TPSA) is 40.6 Å². The molecule has 2 aromatic rings. The van der Waals surface area contributed by atoms with Gasteiger partial charge >= 0.3 is 0 Å². The lowest BCUT2D eigenvalue weighted by Gasteiger charge is -2.39. The van der Waals surface area contributed by atoms with Crippen molar-refractivity contribution >= 4 is 35.2 Å². The number of aryl methyl sites for hydroxylation is 1. The van der Waals surface area contributed by atoms with Crippen molar-refractivity contribution in [2.75, 3.05) is 0 Å². The summed E-state index contributed by atoms with van der Waals surface area (Å²) < 4.78 is 0.809. The highest BCUT2D eigenvalue weighted by molar-refractivity contribution is 6.35. The van der Waals surface area contributed by atoms with Crippen molar-refractivity contribution in [1.82, 2.24) is 9.54 Å². The average Bonchev–Trinajstić information content (AvgIpc) is 2.54. The monoisotopic (exact) mass is 378 g/mol. The van der Waals surface area contributed by atoms with E-state index in [4.69, 9.17) is 23.4 Å². The number of hydrazine groups is 1. The molecule has 0 aromatic heterocycles. The maximum absolute atomic E-state index is 13.0. The van der Waals surface area contributed by atoms with Gasteiger partial charge in [-0.2, -0.15) is 4.53 Å². The standard InChI is InChI=1S/C19H20Cl2N2O2/c1-13-9-11-14(12-10-13)17(24)22(19(2,3)4)23(21)18(25)15-7-5-6-8-16(15)20/h5-12H,1-4H3. The smallest absolute Gasteiger partial charge is 0.267 e. The Hall–Kier alpha value is -2.04. The van der Waals surface area contributed by atoms with E-state index >= 15 is 0 Å². The van der Waals surface area contributed by atoms with Crippen LogP contribution in [-0.2, 0) is 0 Å². The SMILES string of the molecule is Cc1ccc(C(=O)N(N(Cl)C(=O)c2ccccc2Cl)C(C)(C)C)cc1.